The Bertz CT molecular complexity index is 945. The molecule has 3 rings (SSSR count). The molecule has 0 heterocycles. The van der Waals surface area contributed by atoms with Gasteiger partial charge in [0.2, 0.25) is 5.91 Å². The summed E-state index contributed by atoms with van der Waals surface area (Å²) in [6.07, 6.45) is 1.48. The number of carbonyl (C=O) groups excluding carboxylic acids is 2. The minimum atomic E-state index is -0.906. The van der Waals surface area contributed by atoms with E-state index in [-0.39, 0.29) is 37.3 Å². The lowest BCUT2D eigenvalue weighted by molar-refractivity contribution is -0.138. The second-order valence-corrected chi connectivity index (χ2v) is 8.61. The van der Waals surface area contributed by atoms with Crippen molar-refractivity contribution in [2.75, 3.05) is 13.2 Å². The van der Waals surface area contributed by atoms with Crippen LogP contribution in [-0.2, 0) is 14.3 Å². The number of aliphatic carboxylic acids is 1. The SMILES string of the molecule is CCCC[C@H](NC(=O)OCC1c2ccccc2-c2ccccc21)C(=O)NCC(C)CC(=O)O. The Balaban J connectivity index is 1.59. The summed E-state index contributed by atoms with van der Waals surface area (Å²) in [7, 11) is 0. The monoisotopic (exact) mass is 452 g/mol. The van der Waals surface area contributed by atoms with E-state index in [1.165, 1.54) is 0 Å². The van der Waals surface area contributed by atoms with Gasteiger partial charge in [0.1, 0.15) is 12.6 Å². The fourth-order valence-electron chi connectivity index (χ4n) is 4.23. The highest BCUT2D eigenvalue weighted by Gasteiger charge is 2.29. The summed E-state index contributed by atoms with van der Waals surface area (Å²) < 4.78 is 5.57. The number of benzene rings is 2. The van der Waals surface area contributed by atoms with E-state index in [2.05, 4.69) is 34.9 Å². The Morgan fingerprint density at radius 3 is 2.21 bits per heavy atom. The predicted octanol–water partition coefficient (Wildman–Crippen LogP) is 4.31. The number of hydrogen-bond donors (Lipinski definition) is 3. The van der Waals surface area contributed by atoms with Gasteiger partial charge in [-0.25, -0.2) is 4.79 Å². The maximum Gasteiger partial charge on any atom is 0.407 e. The molecule has 1 aliphatic carbocycles. The largest absolute Gasteiger partial charge is 0.481 e. The van der Waals surface area contributed by atoms with E-state index in [9.17, 15) is 14.4 Å². The number of carbonyl (C=O) groups is 3. The van der Waals surface area contributed by atoms with Crippen molar-refractivity contribution in [3.8, 4) is 11.1 Å². The lowest BCUT2D eigenvalue weighted by atomic mass is 9.98. The number of carboxylic acids is 1. The van der Waals surface area contributed by atoms with Crippen molar-refractivity contribution in [2.45, 2.75) is 51.5 Å². The van der Waals surface area contributed by atoms with Crippen LogP contribution < -0.4 is 10.6 Å². The van der Waals surface area contributed by atoms with E-state index in [1.807, 2.05) is 31.2 Å². The second kappa shape index (κ2) is 11.5. The van der Waals surface area contributed by atoms with E-state index in [0.717, 1.165) is 35.1 Å². The minimum Gasteiger partial charge on any atom is -0.481 e. The van der Waals surface area contributed by atoms with Gasteiger partial charge in [-0.15, -0.1) is 0 Å². The van der Waals surface area contributed by atoms with Crippen molar-refractivity contribution in [2.24, 2.45) is 5.92 Å². The minimum absolute atomic E-state index is 0.0281. The van der Waals surface area contributed by atoms with Crippen LogP contribution in [0, 0.1) is 5.92 Å². The van der Waals surface area contributed by atoms with Gasteiger partial charge >= 0.3 is 12.1 Å². The fraction of sp³-hybridized carbons (Fsp3) is 0.423. The number of hydrogen-bond acceptors (Lipinski definition) is 4. The van der Waals surface area contributed by atoms with Crippen LogP contribution in [0.25, 0.3) is 11.1 Å². The summed E-state index contributed by atoms with van der Waals surface area (Å²) >= 11 is 0. The molecule has 2 aromatic carbocycles. The van der Waals surface area contributed by atoms with E-state index < -0.39 is 18.1 Å². The lowest BCUT2D eigenvalue weighted by Gasteiger charge is -2.20. The molecule has 3 N–H and O–H groups in total. The second-order valence-electron chi connectivity index (χ2n) is 8.61. The van der Waals surface area contributed by atoms with Crippen LogP contribution in [0.2, 0.25) is 0 Å². The molecule has 0 spiro atoms. The quantitative estimate of drug-likeness (QED) is 0.471. The highest BCUT2D eigenvalue weighted by atomic mass is 16.5. The van der Waals surface area contributed by atoms with Crippen molar-refractivity contribution < 1.29 is 24.2 Å². The average Bonchev–Trinajstić information content (AvgIpc) is 3.12. The Kier molecular flexibility index (Phi) is 8.46. The summed E-state index contributed by atoms with van der Waals surface area (Å²) in [6.45, 7) is 4.18. The summed E-state index contributed by atoms with van der Waals surface area (Å²) in [5, 5.41) is 14.3. The molecular formula is C26H32N2O5. The zero-order valence-electron chi connectivity index (χ0n) is 19.2. The summed E-state index contributed by atoms with van der Waals surface area (Å²) in [5.74, 6) is -1.49. The first-order valence-corrected chi connectivity index (χ1v) is 11.5. The first kappa shape index (κ1) is 24.3. The van der Waals surface area contributed by atoms with E-state index in [1.54, 1.807) is 6.92 Å². The summed E-state index contributed by atoms with van der Waals surface area (Å²) in [4.78, 5) is 36.1. The van der Waals surface area contributed by atoms with Gasteiger partial charge in [0.25, 0.3) is 0 Å². The maximum atomic E-state index is 12.6. The number of ether oxygens (including phenoxy) is 1. The Morgan fingerprint density at radius 2 is 1.64 bits per heavy atom. The highest BCUT2D eigenvalue weighted by molar-refractivity contribution is 5.85. The first-order chi connectivity index (χ1) is 15.9. The van der Waals surface area contributed by atoms with Crippen molar-refractivity contribution in [3.05, 3.63) is 59.7 Å². The van der Waals surface area contributed by atoms with Gasteiger partial charge in [-0.2, -0.15) is 0 Å². The maximum absolute atomic E-state index is 12.6. The molecule has 0 saturated carbocycles. The number of unbranched alkanes of at least 4 members (excludes halogenated alkanes) is 1. The van der Waals surface area contributed by atoms with Crippen LogP contribution in [0.1, 0.15) is 56.6 Å². The molecule has 1 aliphatic rings. The molecule has 176 valence electrons. The highest BCUT2D eigenvalue weighted by Crippen LogP contribution is 2.44. The van der Waals surface area contributed by atoms with Crippen molar-refractivity contribution >= 4 is 18.0 Å². The fourth-order valence-corrected chi connectivity index (χ4v) is 4.23. The Morgan fingerprint density at radius 1 is 1.03 bits per heavy atom. The average molecular weight is 453 g/mol. The molecule has 0 aliphatic heterocycles. The molecule has 1 unspecified atom stereocenters. The number of nitrogens with one attached hydrogen (secondary N) is 2. The molecule has 33 heavy (non-hydrogen) atoms. The van der Waals surface area contributed by atoms with Crippen LogP contribution in [0.5, 0.6) is 0 Å². The standard InChI is InChI=1S/C26H32N2O5/c1-3-4-13-23(25(31)27-15-17(2)14-24(29)30)28-26(32)33-16-22-20-11-7-5-9-18(20)19-10-6-8-12-21(19)22/h5-12,17,22-23H,3-4,13-16H2,1-2H3,(H,27,31)(H,28,32)(H,29,30)/t17?,23-/m0/s1. The summed E-state index contributed by atoms with van der Waals surface area (Å²) in [5.41, 5.74) is 4.55. The number of carboxylic acid groups (broad SMARTS) is 1. The molecule has 0 fully saturated rings. The molecule has 0 radical (unpaired) electrons. The molecule has 2 amide bonds. The normalized spacial score (nSPS) is 14.0. The number of rotatable bonds is 11. The van der Waals surface area contributed by atoms with E-state index in [4.69, 9.17) is 9.84 Å². The molecule has 2 aromatic rings. The predicted molar refractivity (Wildman–Crippen MR) is 126 cm³/mol. The molecule has 0 bridgehead atoms. The summed E-state index contributed by atoms with van der Waals surface area (Å²) in [6, 6.07) is 15.5. The van der Waals surface area contributed by atoms with Crippen LogP contribution >= 0.6 is 0 Å². The Hall–Kier alpha value is -3.35. The van der Waals surface area contributed by atoms with E-state index >= 15 is 0 Å². The lowest BCUT2D eigenvalue weighted by Crippen LogP contribution is -2.48. The van der Waals surface area contributed by atoms with Gasteiger partial charge < -0.3 is 20.5 Å². The third-order valence-corrected chi connectivity index (χ3v) is 5.95. The van der Waals surface area contributed by atoms with Gasteiger partial charge in [0, 0.05) is 18.9 Å². The molecule has 7 heteroatoms. The van der Waals surface area contributed by atoms with Crippen LogP contribution in [0.3, 0.4) is 0 Å². The first-order valence-electron chi connectivity index (χ1n) is 11.5. The van der Waals surface area contributed by atoms with Crippen molar-refractivity contribution in [3.63, 3.8) is 0 Å². The van der Waals surface area contributed by atoms with Crippen molar-refractivity contribution in [1.82, 2.24) is 10.6 Å². The molecule has 7 nitrogen and oxygen atoms in total. The van der Waals surface area contributed by atoms with Crippen LogP contribution in [-0.4, -0.2) is 42.3 Å². The number of amides is 2. The molecular weight excluding hydrogens is 420 g/mol. The zero-order chi connectivity index (χ0) is 23.8. The topological polar surface area (TPSA) is 105 Å². The number of alkyl carbamates (subject to hydrolysis) is 1. The van der Waals surface area contributed by atoms with Gasteiger partial charge in [0.15, 0.2) is 0 Å². The van der Waals surface area contributed by atoms with Crippen LogP contribution in [0.15, 0.2) is 48.5 Å². The van der Waals surface area contributed by atoms with E-state index in [0.29, 0.717) is 6.42 Å². The molecule has 2 atom stereocenters. The number of fused-ring (bicyclic) bond motifs is 3. The Labute approximate surface area is 194 Å². The van der Waals surface area contributed by atoms with Gasteiger partial charge in [-0.3, -0.25) is 9.59 Å². The third-order valence-electron chi connectivity index (χ3n) is 5.95. The van der Waals surface area contributed by atoms with Gasteiger partial charge in [-0.05, 0) is 34.6 Å². The smallest absolute Gasteiger partial charge is 0.407 e. The molecule has 0 aromatic heterocycles. The third kappa shape index (κ3) is 6.34. The van der Waals surface area contributed by atoms with Crippen LogP contribution in [0.4, 0.5) is 4.79 Å². The molecule has 0 saturated heterocycles. The van der Waals surface area contributed by atoms with Gasteiger partial charge in [0.05, 0.1) is 0 Å². The zero-order valence-corrected chi connectivity index (χ0v) is 19.2. The van der Waals surface area contributed by atoms with Crippen molar-refractivity contribution in [1.29, 1.82) is 0 Å². The van der Waals surface area contributed by atoms with Gasteiger partial charge in [-0.1, -0.05) is 75.2 Å².